The van der Waals surface area contributed by atoms with Gasteiger partial charge in [0.25, 0.3) is 0 Å². The minimum absolute atomic E-state index is 0.0196. The second-order valence-corrected chi connectivity index (χ2v) is 12.3. The van der Waals surface area contributed by atoms with Crippen LogP contribution in [0.2, 0.25) is 5.02 Å². The molecule has 3 N–H and O–H groups in total. The molecule has 3 saturated heterocycles. The molecule has 0 radical (unpaired) electrons. The van der Waals surface area contributed by atoms with E-state index in [4.69, 9.17) is 11.6 Å². The fourth-order valence-electron chi connectivity index (χ4n) is 6.35. The first-order valence-corrected chi connectivity index (χ1v) is 14.1. The first kappa shape index (κ1) is 26.1. The topological polar surface area (TPSA) is 98.7 Å². The summed E-state index contributed by atoms with van der Waals surface area (Å²) in [5.74, 6) is -1.88. The van der Waals surface area contributed by atoms with Crippen molar-refractivity contribution in [3.8, 4) is 0 Å². The minimum atomic E-state index is -0.795. The van der Waals surface area contributed by atoms with E-state index in [0.717, 1.165) is 12.8 Å². The van der Waals surface area contributed by atoms with Gasteiger partial charge in [-0.2, -0.15) is 0 Å². The van der Waals surface area contributed by atoms with Crippen molar-refractivity contribution in [1.82, 2.24) is 4.90 Å². The molecule has 2 aromatic carbocycles. The summed E-state index contributed by atoms with van der Waals surface area (Å²) in [6.07, 6.45) is 2.17. The normalized spacial score (nSPS) is 29.6. The molecule has 37 heavy (non-hydrogen) atoms. The van der Waals surface area contributed by atoms with E-state index >= 15 is 0 Å². The Labute approximate surface area is 226 Å². The van der Waals surface area contributed by atoms with Crippen LogP contribution in [0.4, 0.5) is 11.4 Å². The van der Waals surface area contributed by atoms with Crippen molar-refractivity contribution in [3.05, 3.63) is 59.6 Å². The molecule has 3 amide bonds. The minimum Gasteiger partial charge on any atom is -0.394 e. The van der Waals surface area contributed by atoms with Crippen molar-refractivity contribution in [2.75, 3.05) is 17.2 Å². The second-order valence-electron chi connectivity index (χ2n) is 10.3. The molecule has 3 aliphatic rings. The van der Waals surface area contributed by atoms with Gasteiger partial charge in [-0.3, -0.25) is 14.4 Å². The van der Waals surface area contributed by atoms with E-state index in [1.807, 2.05) is 44.2 Å². The maximum absolute atomic E-state index is 14.2. The van der Waals surface area contributed by atoms with Crippen LogP contribution in [-0.4, -0.2) is 56.4 Å². The first-order chi connectivity index (χ1) is 17.8. The summed E-state index contributed by atoms with van der Waals surface area (Å²) >= 11 is 7.63. The maximum Gasteiger partial charge on any atom is 0.248 e. The average molecular weight is 542 g/mol. The van der Waals surface area contributed by atoms with Crippen LogP contribution >= 0.6 is 23.4 Å². The lowest BCUT2D eigenvalue weighted by Crippen LogP contribution is -2.56. The molecule has 3 fully saturated rings. The molecule has 5 rings (SSSR count). The number of aliphatic hydroxyl groups excluding tert-OH is 1. The molecule has 3 aliphatic heterocycles. The van der Waals surface area contributed by atoms with Crippen LogP contribution in [0.3, 0.4) is 0 Å². The molecule has 0 aliphatic carbocycles. The molecule has 7 atom stereocenters. The molecule has 2 aromatic rings. The van der Waals surface area contributed by atoms with Gasteiger partial charge in [0.05, 0.1) is 29.2 Å². The Kier molecular flexibility index (Phi) is 7.27. The van der Waals surface area contributed by atoms with E-state index in [2.05, 4.69) is 10.6 Å². The van der Waals surface area contributed by atoms with E-state index < -0.39 is 28.7 Å². The van der Waals surface area contributed by atoms with Gasteiger partial charge in [0.1, 0.15) is 6.04 Å². The molecule has 7 nitrogen and oxygen atoms in total. The summed E-state index contributed by atoms with van der Waals surface area (Å²) in [5.41, 5.74) is 1.27. The number of nitrogens with zero attached hydrogens (tertiary/aromatic N) is 1. The number of rotatable bonds is 8. The van der Waals surface area contributed by atoms with E-state index in [-0.39, 0.29) is 35.5 Å². The van der Waals surface area contributed by atoms with Crippen LogP contribution in [0, 0.1) is 17.8 Å². The number of nitrogens with one attached hydrogen (secondary N) is 2. The number of amides is 3. The van der Waals surface area contributed by atoms with Gasteiger partial charge in [-0.25, -0.2) is 0 Å². The number of carbonyl (C=O) groups is 3. The quantitative estimate of drug-likeness (QED) is 0.459. The van der Waals surface area contributed by atoms with Gasteiger partial charge in [-0.15, -0.1) is 11.8 Å². The van der Waals surface area contributed by atoms with Crippen molar-refractivity contribution in [2.24, 2.45) is 17.8 Å². The van der Waals surface area contributed by atoms with Crippen LogP contribution in [0.25, 0.3) is 0 Å². The van der Waals surface area contributed by atoms with Crippen LogP contribution in [-0.2, 0) is 14.4 Å². The lowest BCUT2D eigenvalue weighted by Gasteiger charge is -2.39. The summed E-state index contributed by atoms with van der Waals surface area (Å²) in [6.45, 7) is 3.74. The van der Waals surface area contributed by atoms with Crippen LogP contribution < -0.4 is 10.6 Å². The molecule has 196 valence electrons. The number of hydrogen-bond acceptors (Lipinski definition) is 5. The first-order valence-electron chi connectivity index (χ1n) is 12.8. The SMILES string of the molecule is CC[C@H](C)[C@H](CO)N1C(=O)[C@@H]2[C@@H](C(=O)Nc3ccccc3)[C@H]3CCC2(S3)C1C(=O)Nc1ccc(Cl)cc1. The number of fused-ring (bicyclic) bond motifs is 1. The zero-order valence-electron chi connectivity index (χ0n) is 20.9. The number of anilines is 2. The number of para-hydroxylation sites is 1. The molecule has 3 heterocycles. The summed E-state index contributed by atoms with van der Waals surface area (Å²) in [6, 6.07) is 14.8. The number of hydrogen-bond donors (Lipinski definition) is 3. The summed E-state index contributed by atoms with van der Waals surface area (Å²) in [4.78, 5) is 43.3. The molecular weight excluding hydrogens is 510 g/mol. The monoisotopic (exact) mass is 541 g/mol. The second kappa shape index (κ2) is 10.3. The number of halogens is 1. The molecule has 0 aromatic heterocycles. The van der Waals surface area contributed by atoms with Crippen LogP contribution in [0.15, 0.2) is 54.6 Å². The molecule has 2 bridgehead atoms. The lowest BCUT2D eigenvalue weighted by atomic mass is 9.70. The molecular formula is C28H32ClN3O4S. The summed E-state index contributed by atoms with van der Waals surface area (Å²) < 4.78 is -0.724. The Morgan fingerprint density at radius 2 is 1.76 bits per heavy atom. The zero-order valence-corrected chi connectivity index (χ0v) is 22.5. The third-order valence-corrected chi connectivity index (χ3v) is 10.5. The molecule has 0 saturated carbocycles. The highest BCUT2D eigenvalue weighted by atomic mass is 35.5. The third kappa shape index (κ3) is 4.43. The Hall–Kier alpha value is -2.55. The Morgan fingerprint density at radius 3 is 2.41 bits per heavy atom. The highest BCUT2D eigenvalue weighted by Crippen LogP contribution is 2.67. The number of carbonyl (C=O) groups excluding carboxylic acids is 3. The van der Waals surface area contributed by atoms with Gasteiger partial charge in [-0.1, -0.05) is 50.1 Å². The van der Waals surface area contributed by atoms with Gasteiger partial charge in [-0.05, 0) is 55.2 Å². The molecule has 2 unspecified atom stereocenters. The van der Waals surface area contributed by atoms with E-state index in [1.165, 1.54) is 0 Å². The van der Waals surface area contributed by atoms with E-state index in [1.54, 1.807) is 40.9 Å². The maximum atomic E-state index is 14.2. The van der Waals surface area contributed by atoms with Crippen molar-refractivity contribution >= 4 is 52.5 Å². The van der Waals surface area contributed by atoms with Crippen LogP contribution in [0.5, 0.6) is 0 Å². The highest BCUT2D eigenvalue weighted by molar-refractivity contribution is 8.02. The fraction of sp³-hybridized carbons (Fsp3) is 0.464. The van der Waals surface area contributed by atoms with E-state index in [9.17, 15) is 19.5 Å². The summed E-state index contributed by atoms with van der Waals surface area (Å²) in [5, 5.41) is 16.9. The van der Waals surface area contributed by atoms with Crippen molar-refractivity contribution in [3.63, 3.8) is 0 Å². The average Bonchev–Trinajstić information content (AvgIpc) is 3.54. The lowest BCUT2D eigenvalue weighted by molar-refractivity contribution is -0.142. The number of thioether (sulfide) groups is 1. The molecule has 1 spiro atoms. The highest BCUT2D eigenvalue weighted by Gasteiger charge is 2.74. The predicted octanol–water partition coefficient (Wildman–Crippen LogP) is 4.42. The Morgan fingerprint density at radius 1 is 1.11 bits per heavy atom. The number of likely N-dealkylation sites (tertiary alicyclic amines) is 1. The molecule has 9 heteroatoms. The third-order valence-electron chi connectivity index (χ3n) is 8.29. The van der Waals surface area contributed by atoms with Crippen molar-refractivity contribution < 1.29 is 19.5 Å². The van der Waals surface area contributed by atoms with Gasteiger partial charge < -0.3 is 20.6 Å². The standard InChI is InChI=1S/C28H32ClN3O4S/c1-3-16(2)20(15-33)32-24(26(35)31-19-11-9-17(29)10-12-19)28-14-13-21(37-28)22(23(28)27(32)36)25(34)30-18-7-5-4-6-8-18/h4-12,16,20-24,33H,3,13-15H2,1-2H3,(H,30,34)(H,31,35)/t16-,20-,21+,22-,23-,24?,28?/m0/s1. The van der Waals surface area contributed by atoms with Crippen LogP contribution in [0.1, 0.15) is 33.1 Å². The Bertz CT molecular complexity index is 1180. The zero-order chi connectivity index (χ0) is 26.3. The Balaban J connectivity index is 1.52. The smallest absolute Gasteiger partial charge is 0.248 e. The van der Waals surface area contributed by atoms with Gasteiger partial charge in [0.15, 0.2) is 0 Å². The van der Waals surface area contributed by atoms with Gasteiger partial charge in [0.2, 0.25) is 17.7 Å². The number of benzene rings is 2. The van der Waals surface area contributed by atoms with Gasteiger partial charge in [0, 0.05) is 21.6 Å². The van der Waals surface area contributed by atoms with Gasteiger partial charge >= 0.3 is 0 Å². The van der Waals surface area contributed by atoms with E-state index in [0.29, 0.717) is 22.8 Å². The van der Waals surface area contributed by atoms with Crippen molar-refractivity contribution in [1.29, 1.82) is 0 Å². The summed E-state index contributed by atoms with van der Waals surface area (Å²) in [7, 11) is 0. The van der Waals surface area contributed by atoms with Crippen molar-refractivity contribution in [2.45, 2.75) is 55.2 Å². The predicted molar refractivity (Wildman–Crippen MR) is 146 cm³/mol. The number of aliphatic hydroxyl groups is 1. The largest absolute Gasteiger partial charge is 0.394 e. The fourth-order valence-corrected chi connectivity index (χ4v) is 8.69.